The van der Waals surface area contributed by atoms with E-state index >= 15 is 0 Å². The number of H-pyrrole nitrogens is 1. The maximum Gasteiger partial charge on any atom is 0.677 e. The number of nitrogens with two attached hydrogens (primary N) is 2. The van der Waals surface area contributed by atoms with Gasteiger partial charge in [-0.05, 0) is 62.2 Å². The van der Waals surface area contributed by atoms with Crippen LogP contribution in [-0.4, -0.2) is 101 Å². The first kappa shape index (κ1) is 38.6. The third-order valence-corrected chi connectivity index (χ3v) is 8.97. The van der Waals surface area contributed by atoms with Crippen LogP contribution in [0.5, 0.6) is 5.75 Å². The summed E-state index contributed by atoms with van der Waals surface area (Å²) in [7, 11) is -1.08. The number of aromatic amines is 1. The minimum absolute atomic E-state index is 0.418. The highest BCUT2D eigenvalue weighted by Crippen LogP contribution is 2.32. The van der Waals surface area contributed by atoms with E-state index < -0.39 is 7.40 Å². The van der Waals surface area contributed by atoms with Crippen LogP contribution in [0, 0.1) is 27.7 Å². The summed E-state index contributed by atoms with van der Waals surface area (Å²) >= 11 is 0. The summed E-state index contributed by atoms with van der Waals surface area (Å²) in [6, 6.07) is 17.0. The predicted octanol–water partition coefficient (Wildman–Crippen LogP) is 3.32. The average Bonchev–Trinajstić information content (AvgIpc) is 3.61. The van der Waals surface area contributed by atoms with Gasteiger partial charge in [0.25, 0.3) is 0 Å². The number of hydrogen-bond acceptors (Lipinski definition) is 8. The molecule has 278 valence electrons. The summed E-state index contributed by atoms with van der Waals surface area (Å²) in [6.07, 6.45) is 1.64. The quantitative estimate of drug-likeness (QED) is 0.0875. The third kappa shape index (κ3) is 9.42. The van der Waals surface area contributed by atoms with Crippen molar-refractivity contribution in [2.75, 3.05) is 78.0 Å². The number of rotatable bonds is 7. The van der Waals surface area contributed by atoms with Gasteiger partial charge in [-0.1, -0.05) is 28.9 Å². The molecular formula is C38H50BF2N6O5+. The van der Waals surface area contributed by atoms with Crippen molar-refractivity contribution in [3.8, 4) is 5.75 Å². The first-order valence-electron chi connectivity index (χ1n) is 17.5. The van der Waals surface area contributed by atoms with E-state index in [-0.39, 0.29) is 0 Å². The van der Waals surface area contributed by atoms with Gasteiger partial charge in [0.05, 0.1) is 77.4 Å². The number of hydrogen-bond donors (Lipinski definition) is 3. The van der Waals surface area contributed by atoms with Crippen LogP contribution < -0.4 is 31.7 Å². The normalized spacial score (nSPS) is 15.5. The molecule has 0 spiro atoms. The summed E-state index contributed by atoms with van der Waals surface area (Å²) in [4.78, 5) is 5.54. The number of hydrazine groups is 1. The summed E-state index contributed by atoms with van der Waals surface area (Å²) in [5.41, 5.74) is 13.6. The number of anilines is 1. The van der Waals surface area contributed by atoms with Gasteiger partial charge < -0.3 is 43.8 Å². The Kier molecular flexibility index (Phi) is 13.5. The smallest absolute Gasteiger partial charge is 0.494 e. The Bertz CT molecular complexity index is 1940. The van der Waals surface area contributed by atoms with E-state index in [4.69, 9.17) is 35.3 Å². The first-order valence-corrected chi connectivity index (χ1v) is 17.5. The molecule has 1 fully saturated rings. The van der Waals surface area contributed by atoms with E-state index in [1.165, 1.54) is 4.68 Å². The molecule has 3 heterocycles. The molecule has 2 aromatic heterocycles. The van der Waals surface area contributed by atoms with Crippen LogP contribution in [-0.2, 0) is 18.9 Å². The van der Waals surface area contributed by atoms with Gasteiger partial charge in [-0.3, -0.25) is 8.63 Å². The van der Waals surface area contributed by atoms with E-state index in [2.05, 4.69) is 9.88 Å². The van der Waals surface area contributed by atoms with E-state index in [0.29, 0.717) is 100 Å². The lowest BCUT2D eigenvalue weighted by Gasteiger charge is -2.26. The van der Waals surface area contributed by atoms with Gasteiger partial charge in [-0.25, -0.2) is 5.84 Å². The van der Waals surface area contributed by atoms with Gasteiger partial charge in [-0.15, -0.1) is 0 Å². The van der Waals surface area contributed by atoms with Crippen molar-refractivity contribution in [2.45, 2.75) is 27.7 Å². The number of ether oxygens (including phenoxy) is 5. The second-order valence-electron chi connectivity index (χ2n) is 12.7. The number of aryl methyl sites for hydroxylation is 4. The van der Waals surface area contributed by atoms with Crippen molar-refractivity contribution in [2.24, 2.45) is 11.6 Å². The van der Waals surface area contributed by atoms with Crippen LogP contribution in [0.3, 0.4) is 0 Å². The highest BCUT2D eigenvalue weighted by atomic mass is 19.2. The fourth-order valence-corrected chi connectivity index (χ4v) is 6.46. The Morgan fingerprint density at radius 3 is 1.92 bits per heavy atom. The Labute approximate surface area is 304 Å². The van der Waals surface area contributed by atoms with Gasteiger partial charge >= 0.3 is 7.40 Å². The molecule has 0 atom stereocenters. The Balaban J connectivity index is 1.45. The Morgan fingerprint density at radius 1 is 0.808 bits per heavy atom. The molecule has 1 aliphatic rings. The molecule has 0 radical (unpaired) electrons. The number of aromatic nitrogens is 2. The number of methoxy groups -OCH3 is 1. The fraction of sp³-hybridized carbons (Fsp3) is 0.395. The molecule has 0 unspecified atom stereocenters. The lowest BCUT2D eigenvalue weighted by atomic mass is 9.98. The molecule has 0 aliphatic carbocycles. The Hall–Kier alpha value is -4.63. The molecule has 2 aromatic carbocycles. The lowest BCUT2D eigenvalue weighted by molar-refractivity contribution is -0.446. The van der Waals surface area contributed by atoms with Crippen LogP contribution in [0.1, 0.15) is 33.9 Å². The molecule has 1 saturated heterocycles. The van der Waals surface area contributed by atoms with E-state index in [0.717, 1.165) is 43.1 Å². The van der Waals surface area contributed by atoms with Crippen molar-refractivity contribution in [3.63, 3.8) is 0 Å². The van der Waals surface area contributed by atoms with Crippen LogP contribution in [0.2, 0.25) is 0 Å². The van der Waals surface area contributed by atoms with Crippen LogP contribution in [0.25, 0.3) is 11.3 Å². The van der Waals surface area contributed by atoms with Gasteiger partial charge in [-0.2, -0.15) is 0 Å². The number of halogens is 2. The minimum atomic E-state index is -2.69. The van der Waals surface area contributed by atoms with E-state index in [1.54, 1.807) is 26.3 Å². The molecule has 0 amide bonds. The van der Waals surface area contributed by atoms with Crippen molar-refractivity contribution in [3.05, 3.63) is 98.9 Å². The number of nitrogens with zero attached hydrogens (tertiary/aromatic N) is 3. The third-order valence-electron chi connectivity index (χ3n) is 8.97. The van der Waals surface area contributed by atoms with Gasteiger partial charge in [0.1, 0.15) is 11.4 Å². The second-order valence-corrected chi connectivity index (χ2v) is 12.7. The van der Waals surface area contributed by atoms with Crippen molar-refractivity contribution in [1.29, 1.82) is 0 Å². The topological polar surface area (TPSA) is 125 Å². The number of benzene rings is 2. The molecule has 0 saturated carbocycles. The van der Waals surface area contributed by atoms with Crippen LogP contribution >= 0.6 is 0 Å². The highest BCUT2D eigenvalue weighted by molar-refractivity contribution is 6.41. The summed E-state index contributed by atoms with van der Waals surface area (Å²) in [6.45, 7) is 12.8. The summed E-state index contributed by atoms with van der Waals surface area (Å²) in [5, 5.41) is 1.49. The molecular weight excluding hydrogens is 669 g/mol. The van der Waals surface area contributed by atoms with Crippen LogP contribution in [0.15, 0.2) is 54.6 Å². The lowest BCUT2D eigenvalue weighted by Crippen LogP contribution is -2.32. The zero-order chi connectivity index (χ0) is 37.2. The van der Waals surface area contributed by atoms with Gasteiger partial charge in [0.2, 0.25) is 11.9 Å². The highest BCUT2D eigenvalue weighted by Gasteiger charge is 2.28. The van der Waals surface area contributed by atoms with Gasteiger partial charge in [0, 0.05) is 47.0 Å². The average molecular weight is 720 g/mol. The minimum Gasteiger partial charge on any atom is -0.494 e. The molecule has 0 bridgehead atoms. The van der Waals surface area contributed by atoms with E-state index in [9.17, 15) is 8.63 Å². The zero-order valence-corrected chi connectivity index (χ0v) is 30.7. The van der Waals surface area contributed by atoms with Crippen LogP contribution in [0.4, 0.5) is 20.0 Å². The first-order chi connectivity index (χ1) is 25.1. The molecule has 5 rings (SSSR count). The molecule has 1 aliphatic heterocycles. The van der Waals surface area contributed by atoms with E-state index in [1.807, 2.05) is 69.3 Å². The maximum atomic E-state index is 14.4. The summed E-state index contributed by atoms with van der Waals surface area (Å²) in [5.74, 6) is 7.15. The largest absolute Gasteiger partial charge is 0.677 e. The second kappa shape index (κ2) is 18.2. The Morgan fingerprint density at radius 2 is 1.38 bits per heavy atom. The standard InChI is InChI=1S/C38H49BF2N6O5/c1-26-22-28(3)44-37(26)36(38-27(2)23-29(4)47(38)39(40)41)31-8-6-30(7-9-31)33(42)25-46(43)32-10-11-34(35(24-32)48-5)45-12-14-49-16-18-51-20-21-52-19-17-50-15-13-45/h6-11,22-25H,12-21,42-43H2,1-5H3/p+1. The maximum absolute atomic E-state index is 14.4. The predicted molar refractivity (Wildman–Crippen MR) is 201 cm³/mol. The number of hydrazone groups is 1. The molecule has 11 nitrogen and oxygen atoms in total. The number of nitrogens with one attached hydrogen (secondary N) is 1. The van der Waals surface area contributed by atoms with Gasteiger partial charge in [0.15, 0.2) is 0 Å². The molecule has 4 aromatic rings. The van der Waals surface area contributed by atoms with Crippen molar-refractivity contribution >= 4 is 36.3 Å². The SMILES string of the molecule is COc1cc([N+](N)=CC(N)=c2ccc(=C(c3[nH]c(C)cc3C)c3c(C)cc(C)n3B(F)F)cc2)ccc1N1CCOCCOCCOCCOCC1. The fourth-order valence-electron chi connectivity index (χ4n) is 6.46. The zero-order valence-electron chi connectivity index (χ0n) is 30.7. The monoisotopic (exact) mass is 719 g/mol. The summed E-state index contributed by atoms with van der Waals surface area (Å²) < 4.78 is 59.8. The van der Waals surface area contributed by atoms with Crippen molar-refractivity contribution < 1.29 is 37.0 Å². The molecule has 52 heavy (non-hydrogen) atoms. The van der Waals surface area contributed by atoms with Crippen molar-refractivity contribution in [1.82, 2.24) is 9.46 Å². The molecule has 5 N–H and O–H groups in total. The molecule has 14 heteroatoms.